The van der Waals surface area contributed by atoms with Crippen molar-refractivity contribution in [2.75, 3.05) is 17.2 Å². The molecule has 2 aromatic rings. The van der Waals surface area contributed by atoms with Gasteiger partial charge >= 0.3 is 0 Å². The van der Waals surface area contributed by atoms with E-state index in [-0.39, 0.29) is 11.3 Å². The molecule has 21 heavy (non-hydrogen) atoms. The third kappa shape index (κ3) is 3.56. The number of anilines is 2. The van der Waals surface area contributed by atoms with E-state index in [4.69, 9.17) is 0 Å². The standard InChI is InChI=1S/C13H14N4O4/c1-2-5-14-9-3-4-12(17(19)20)11(6-9)13(18)16-10-7-15-21-8-10/h3-4,6-8,14H,2,5H2,1H3,(H,16,18). The number of benzene rings is 1. The number of hydrogen-bond acceptors (Lipinski definition) is 6. The summed E-state index contributed by atoms with van der Waals surface area (Å²) in [4.78, 5) is 22.6. The van der Waals surface area contributed by atoms with Gasteiger partial charge in [-0.1, -0.05) is 12.1 Å². The number of carbonyl (C=O) groups excluding carboxylic acids is 1. The van der Waals surface area contributed by atoms with Crippen molar-refractivity contribution in [3.63, 3.8) is 0 Å². The van der Waals surface area contributed by atoms with Crippen molar-refractivity contribution in [2.24, 2.45) is 0 Å². The van der Waals surface area contributed by atoms with Crippen LogP contribution >= 0.6 is 0 Å². The summed E-state index contributed by atoms with van der Waals surface area (Å²) in [5, 5.41) is 20.0. The van der Waals surface area contributed by atoms with Gasteiger partial charge in [-0.2, -0.15) is 0 Å². The maximum absolute atomic E-state index is 12.2. The van der Waals surface area contributed by atoms with Crippen molar-refractivity contribution in [1.29, 1.82) is 0 Å². The molecule has 0 aliphatic heterocycles. The molecule has 2 rings (SSSR count). The summed E-state index contributed by atoms with van der Waals surface area (Å²) in [6, 6.07) is 4.33. The van der Waals surface area contributed by atoms with E-state index >= 15 is 0 Å². The molecule has 0 saturated heterocycles. The fourth-order valence-corrected chi connectivity index (χ4v) is 1.72. The van der Waals surface area contributed by atoms with Crippen LogP contribution in [0.2, 0.25) is 0 Å². The number of nitrogens with one attached hydrogen (secondary N) is 2. The second-order valence-electron chi connectivity index (χ2n) is 4.28. The van der Waals surface area contributed by atoms with Gasteiger partial charge in [-0.05, 0) is 18.6 Å². The van der Waals surface area contributed by atoms with E-state index in [0.717, 1.165) is 6.42 Å². The molecular formula is C13H14N4O4. The summed E-state index contributed by atoms with van der Waals surface area (Å²) in [6.45, 7) is 2.71. The molecular weight excluding hydrogens is 276 g/mol. The number of amides is 1. The summed E-state index contributed by atoms with van der Waals surface area (Å²) in [5.41, 5.74) is 0.701. The molecule has 1 aromatic heterocycles. The average molecular weight is 290 g/mol. The van der Waals surface area contributed by atoms with E-state index in [0.29, 0.717) is 17.9 Å². The van der Waals surface area contributed by atoms with Gasteiger partial charge in [-0.15, -0.1) is 0 Å². The van der Waals surface area contributed by atoms with Crippen molar-refractivity contribution in [3.05, 3.63) is 46.3 Å². The smallest absolute Gasteiger partial charge is 0.282 e. The summed E-state index contributed by atoms with van der Waals surface area (Å²) in [7, 11) is 0. The lowest BCUT2D eigenvalue weighted by atomic mass is 10.1. The van der Waals surface area contributed by atoms with Gasteiger partial charge in [0.25, 0.3) is 11.6 Å². The molecule has 1 heterocycles. The number of nitrogens with zero attached hydrogens (tertiary/aromatic N) is 2. The Morgan fingerprint density at radius 2 is 2.24 bits per heavy atom. The zero-order chi connectivity index (χ0) is 15.2. The number of carbonyl (C=O) groups is 1. The van der Waals surface area contributed by atoms with E-state index in [1.54, 1.807) is 6.07 Å². The van der Waals surface area contributed by atoms with Gasteiger partial charge in [0.15, 0.2) is 0 Å². The number of hydrogen-bond donors (Lipinski definition) is 2. The van der Waals surface area contributed by atoms with Crippen molar-refractivity contribution < 1.29 is 14.2 Å². The van der Waals surface area contributed by atoms with Crippen LogP contribution in [0.5, 0.6) is 0 Å². The molecule has 2 N–H and O–H groups in total. The van der Waals surface area contributed by atoms with E-state index in [1.165, 1.54) is 24.6 Å². The highest BCUT2D eigenvalue weighted by atomic mass is 16.6. The minimum absolute atomic E-state index is 0.0256. The third-order valence-electron chi connectivity index (χ3n) is 2.71. The van der Waals surface area contributed by atoms with Crippen LogP contribution in [0.15, 0.2) is 35.2 Å². The highest BCUT2D eigenvalue weighted by Gasteiger charge is 2.21. The summed E-state index contributed by atoms with van der Waals surface area (Å²) in [6.07, 6.45) is 3.45. The molecule has 0 aliphatic rings. The molecule has 0 bridgehead atoms. The quantitative estimate of drug-likeness (QED) is 0.625. The molecule has 0 unspecified atom stereocenters. The summed E-state index contributed by atoms with van der Waals surface area (Å²) >= 11 is 0. The molecule has 0 fully saturated rings. The third-order valence-corrected chi connectivity index (χ3v) is 2.71. The highest BCUT2D eigenvalue weighted by Crippen LogP contribution is 2.24. The maximum atomic E-state index is 12.2. The van der Waals surface area contributed by atoms with Gasteiger partial charge < -0.3 is 15.2 Å². The van der Waals surface area contributed by atoms with Gasteiger partial charge in [-0.3, -0.25) is 14.9 Å². The predicted octanol–water partition coefficient (Wildman–Crippen LogP) is 2.66. The van der Waals surface area contributed by atoms with E-state index in [2.05, 4.69) is 20.3 Å². The number of nitro benzene ring substituents is 1. The van der Waals surface area contributed by atoms with E-state index < -0.39 is 10.8 Å². The Hall–Kier alpha value is -2.90. The Balaban J connectivity index is 2.29. The summed E-state index contributed by atoms with van der Waals surface area (Å²) in [5.74, 6) is -0.593. The minimum atomic E-state index is -0.593. The normalized spacial score (nSPS) is 10.1. The maximum Gasteiger partial charge on any atom is 0.282 e. The Morgan fingerprint density at radius 1 is 1.43 bits per heavy atom. The first-order valence-corrected chi connectivity index (χ1v) is 6.35. The second-order valence-corrected chi connectivity index (χ2v) is 4.28. The van der Waals surface area contributed by atoms with E-state index in [1.807, 2.05) is 6.92 Å². The molecule has 0 spiro atoms. The zero-order valence-electron chi connectivity index (χ0n) is 11.3. The monoisotopic (exact) mass is 290 g/mol. The first kappa shape index (κ1) is 14.5. The fourth-order valence-electron chi connectivity index (χ4n) is 1.72. The second kappa shape index (κ2) is 6.51. The van der Waals surface area contributed by atoms with E-state index in [9.17, 15) is 14.9 Å². The lowest BCUT2D eigenvalue weighted by Gasteiger charge is -2.08. The SMILES string of the molecule is CCCNc1ccc([N+](=O)[O-])c(C(=O)Nc2cnoc2)c1. The van der Waals surface area contributed by atoms with Crippen LogP contribution in [0.25, 0.3) is 0 Å². The highest BCUT2D eigenvalue weighted by molar-refractivity contribution is 6.07. The van der Waals surface area contributed by atoms with Gasteiger partial charge in [0.1, 0.15) is 17.5 Å². The van der Waals surface area contributed by atoms with Crippen LogP contribution in [0.3, 0.4) is 0 Å². The van der Waals surface area contributed by atoms with Crippen LogP contribution in [0.4, 0.5) is 17.1 Å². The van der Waals surface area contributed by atoms with Crippen LogP contribution in [0.1, 0.15) is 23.7 Å². The first-order valence-electron chi connectivity index (χ1n) is 6.35. The molecule has 0 atom stereocenters. The summed E-state index contributed by atoms with van der Waals surface area (Å²) < 4.78 is 4.59. The molecule has 1 aromatic carbocycles. The predicted molar refractivity (Wildman–Crippen MR) is 76.3 cm³/mol. The van der Waals surface area contributed by atoms with Gasteiger partial charge in [0.2, 0.25) is 0 Å². The van der Waals surface area contributed by atoms with Gasteiger partial charge in [0, 0.05) is 18.3 Å². The van der Waals surface area contributed by atoms with Crippen LogP contribution in [-0.2, 0) is 0 Å². The van der Waals surface area contributed by atoms with Crippen LogP contribution < -0.4 is 10.6 Å². The van der Waals surface area contributed by atoms with Crippen molar-refractivity contribution in [2.45, 2.75) is 13.3 Å². The fraction of sp³-hybridized carbons (Fsp3) is 0.231. The molecule has 110 valence electrons. The Kier molecular flexibility index (Phi) is 4.50. The molecule has 8 nitrogen and oxygen atoms in total. The first-order chi connectivity index (χ1) is 10.1. The number of aromatic nitrogens is 1. The zero-order valence-corrected chi connectivity index (χ0v) is 11.3. The molecule has 8 heteroatoms. The Labute approximate surface area is 120 Å². The largest absolute Gasteiger partial charge is 0.385 e. The van der Waals surface area contributed by atoms with Crippen molar-refractivity contribution in [3.8, 4) is 0 Å². The molecule has 0 aliphatic carbocycles. The molecule has 1 amide bonds. The Morgan fingerprint density at radius 3 is 2.86 bits per heavy atom. The van der Waals surface area contributed by atoms with Gasteiger partial charge in [0.05, 0.1) is 11.1 Å². The minimum Gasteiger partial charge on any atom is -0.385 e. The van der Waals surface area contributed by atoms with Crippen LogP contribution in [0, 0.1) is 10.1 Å². The lowest BCUT2D eigenvalue weighted by Crippen LogP contribution is -2.14. The van der Waals surface area contributed by atoms with Crippen molar-refractivity contribution in [1.82, 2.24) is 5.16 Å². The Bertz CT molecular complexity index is 640. The van der Waals surface area contributed by atoms with Crippen molar-refractivity contribution >= 4 is 23.0 Å². The van der Waals surface area contributed by atoms with Gasteiger partial charge in [-0.25, -0.2) is 0 Å². The lowest BCUT2D eigenvalue weighted by molar-refractivity contribution is -0.385. The van der Waals surface area contributed by atoms with Crippen LogP contribution in [-0.4, -0.2) is 22.5 Å². The number of nitro groups is 1. The molecule has 0 radical (unpaired) electrons. The topological polar surface area (TPSA) is 110 Å². The molecule has 0 saturated carbocycles. The number of rotatable bonds is 6. The average Bonchev–Trinajstić information content (AvgIpc) is 2.97.